The summed E-state index contributed by atoms with van der Waals surface area (Å²) in [6.45, 7) is 4.49. The maximum atomic E-state index is 12.5. The number of thiazole rings is 1. The number of aromatic nitrogens is 3. The van der Waals surface area contributed by atoms with E-state index in [2.05, 4.69) is 20.5 Å². The lowest BCUT2D eigenvalue weighted by Crippen LogP contribution is -2.29. The van der Waals surface area contributed by atoms with Crippen molar-refractivity contribution in [1.29, 1.82) is 0 Å². The molecule has 41 heavy (non-hydrogen) atoms. The van der Waals surface area contributed by atoms with Crippen LogP contribution in [0.5, 0.6) is 17.2 Å². The molecule has 1 atom stereocenters. The lowest BCUT2D eigenvalue weighted by Gasteiger charge is -2.16. The van der Waals surface area contributed by atoms with Crippen LogP contribution in [0.2, 0.25) is 0 Å². The molecule has 5 rings (SSSR count). The fourth-order valence-corrected chi connectivity index (χ4v) is 5.05. The number of carbonyl (C=O) groups is 2. The smallest absolute Gasteiger partial charge is 0.350 e. The molecule has 3 heterocycles. The van der Waals surface area contributed by atoms with E-state index >= 15 is 0 Å². The third kappa shape index (κ3) is 6.64. The van der Waals surface area contributed by atoms with E-state index in [1.54, 1.807) is 56.1 Å². The Morgan fingerprint density at radius 3 is 2.59 bits per heavy atom. The average molecular weight is 580 g/mol. The second kappa shape index (κ2) is 12.4. The van der Waals surface area contributed by atoms with Crippen LogP contribution < -0.4 is 14.8 Å². The fourth-order valence-electron chi connectivity index (χ4n) is 4.17. The maximum Gasteiger partial charge on any atom is 0.350 e. The van der Waals surface area contributed by atoms with Crippen LogP contribution in [0.1, 0.15) is 34.6 Å². The van der Waals surface area contributed by atoms with Gasteiger partial charge in [-0.1, -0.05) is 11.3 Å². The molecule has 1 aliphatic rings. The van der Waals surface area contributed by atoms with E-state index in [9.17, 15) is 9.59 Å². The van der Waals surface area contributed by atoms with Crippen molar-refractivity contribution >= 4 is 34.0 Å². The number of aryl methyl sites for hydroxylation is 1. The number of likely N-dealkylation sites (tertiary alicyclic amines) is 1. The number of methoxy groups -OCH3 is 1. The molecule has 1 amide bonds. The van der Waals surface area contributed by atoms with Gasteiger partial charge in [0.1, 0.15) is 22.1 Å². The van der Waals surface area contributed by atoms with E-state index in [1.807, 2.05) is 12.1 Å². The highest BCUT2D eigenvalue weighted by Gasteiger charge is 2.31. The molecule has 2 aromatic carbocycles. The number of likely N-dealkylation sites (N-methyl/N-ethyl adjacent to an activating group) is 1. The van der Waals surface area contributed by atoms with Gasteiger partial charge < -0.3 is 33.6 Å². The van der Waals surface area contributed by atoms with Crippen molar-refractivity contribution < 1.29 is 33.0 Å². The number of rotatable bonds is 11. The summed E-state index contributed by atoms with van der Waals surface area (Å²) < 4.78 is 28.1. The summed E-state index contributed by atoms with van der Waals surface area (Å²) in [4.78, 5) is 31.5. The fraction of sp³-hybridized carbons (Fsp3) is 0.321. The Morgan fingerprint density at radius 2 is 1.93 bits per heavy atom. The standard InChI is InChI=1S/C28H29N5O7S/c1-5-37-27(35)24-22(15-36-4)30-28(41-24)29-18-12-20(14-21(13-18)40-23-10-11-33(3)26(23)34)39-19-8-6-17(7-9-19)25-32-31-16(2)38-25/h6-9,12-14,23H,5,10-11,15H2,1-4H3,(H,29,30). The second-order valence-electron chi connectivity index (χ2n) is 9.17. The van der Waals surface area contributed by atoms with E-state index in [0.29, 0.717) is 63.4 Å². The molecule has 1 aliphatic heterocycles. The van der Waals surface area contributed by atoms with Crippen LogP contribution in [0.25, 0.3) is 11.5 Å². The number of esters is 1. The molecule has 0 radical (unpaired) electrons. The Kier molecular flexibility index (Phi) is 8.45. The molecular formula is C28H29N5O7S. The molecule has 1 fully saturated rings. The van der Waals surface area contributed by atoms with Crippen molar-refractivity contribution in [2.75, 3.05) is 32.6 Å². The van der Waals surface area contributed by atoms with Gasteiger partial charge in [-0.2, -0.15) is 0 Å². The number of carbonyl (C=O) groups excluding carboxylic acids is 2. The zero-order chi connectivity index (χ0) is 28.9. The van der Waals surface area contributed by atoms with Gasteiger partial charge in [-0.05, 0) is 31.2 Å². The molecule has 13 heteroatoms. The lowest BCUT2D eigenvalue weighted by molar-refractivity contribution is -0.132. The van der Waals surface area contributed by atoms with Crippen molar-refractivity contribution in [2.45, 2.75) is 33.0 Å². The SMILES string of the molecule is CCOC(=O)c1sc(Nc2cc(Oc3ccc(-c4nnc(C)o4)cc3)cc(OC3CCN(C)C3=O)c2)nc1COC. The van der Waals surface area contributed by atoms with Crippen LogP contribution in [-0.4, -0.2) is 65.4 Å². The molecule has 1 saturated heterocycles. The van der Waals surface area contributed by atoms with Crippen molar-refractivity contribution in [3.05, 3.63) is 58.9 Å². The van der Waals surface area contributed by atoms with E-state index in [0.717, 1.165) is 16.9 Å². The van der Waals surface area contributed by atoms with Gasteiger partial charge in [0.15, 0.2) is 11.2 Å². The molecule has 1 unspecified atom stereocenters. The molecule has 0 bridgehead atoms. The highest BCUT2D eigenvalue weighted by Crippen LogP contribution is 2.35. The van der Waals surface area contributed by atoms with Gasteiger partial charge in [-0.3, -0.25) is 4.79 Å². The van der Waals surface area contributed by atoms with Crippen LogP contribution in [0, 0.1) is 6.92 Å². The Balaban J connectivity index is 1.42. The summed E-state index contributed by atoms with van der Waals surface area (Å²) in [6.07, 6.45) is -0.0148. The first-order valence-electron chi connectivity index (χ1n) is 12.9. The number of hydrogen-bond donors (Lipinski definition) is 1. The maximum absolute atomic E-state index is 12.5. The normalized spacial score (nSPS) is 14.8. The van der Waals surface area contributed by atoms with Gasteiger partial charge in [-0.15, -0.1) is 10.2 Å². The third-order valence-corrected chi connectivity index (χ3v) is 7.08. The highest BCUT2D eigenvalue weighted by molar-refractivity contribution is 7.17. The molecule has 1 N–H and O–H groups in total. The van der Waals surface area contributed by atoms with Crippen LogP contribution in [0.3, 0.4) is 0 Å². The topological polar surface area (TPSA) is 138 Å². The Hall–Kier alpha value is -4.49. The minimum absolute atomic E-state index is 0.0825. The zero-order valence-corrected chi connectivity index (χ0v) is 23.8. The summed E-state index contributed by atoms with van der Waals surface area (Å²) in [5, 5.41) is 11.6. The van der Waals surface area contributed by atoms with Crippen molar-refractivity contribution in [3.63, 3.8) is 0 Å². The molecule has 12 nitrogen and oxygen atoms in total. The Morgan fingerprint density at radius 1 is 1.15 bits per heavy atom. The molecule has 2 aromatic heterocycles. The van der Waals surface area contributed by atoms with E-state index in [4.69, 9.17) is 23.4 Å². The van der Waals surface area contributed by atoms with Crippen molar-refractivity contribution in [2.24, 2.45) is 0 Å². The van der Waals surface area contributed by atoms with Gasteiger partial charge in [0.25, 0.3) is 5.91 Å². The number of nitrogens with one attached hydrogen (secondary N) is 1. The number of benzene rings is 2. The van der Waals surface area contributed by atoms with Gasteiger partial charge in [0.2, 0.25) is 11.8 Å². The van der Waals surface area contributed by atoms with E-state index in [-0.39, 0.29) is 19.1 Å². The van der Waals surface area contributed by atoms with E-state index < -0.39 is 12.1 Å². The minimum atomic E-state index is -0.594. The summed E-state index contributed by atoms with van der Waals surface area (Å²) >= 11 is 1.15. The summed E-state index contributed by atoms with van der Waals surface area (Å²) in [6, 6.07) is 12.4. The number of hydrogen-bond acceptors (Lipinski definition) is 12. The molecular weight excluding hydrogens is 550 g/mol. The molecule has 4 aromatic rings. The summed E-state index contributed by atoms with van der Waals surface area (Å²) in [7, 11) is 3.28. The quantitative estimate of drug-likeness (QED) is 0.241. The first-order valence-corrected chi connectivity index (χ1v) is 13.7. The molecule has 214 valence electrons. The number of nitrogens with zero attached hydrogens (tertiary/aromatic N) is 4. The largest absolute Gasteiger partial charge is 0.480 e. The first kappa shape index (κ1) is 28.1. The lowest BCUT2D eigenvalue weighted by atomic mass is 10.2. The molecule has 0 saturated carbocycles. The third-order valence-electron chi connectivity index (χ3n) is 6.09. The van der Waals surface area contributed by atoms with Gasteiger partial charge in [0, 0.05) is 63.5 Å². The molecule has 0 spiro atoms. The number of ether oxygens (including phenoxy) is 4. The summed E-state index contributed by atoms with van der Waals surface area (Å²) in [5.41, 5.74) is 1.81. The first-order chi connectivity index (χ1) is 19.8. The predicted octanol–water partition coefficient (Wildman–Crippen LogP) is 4.97. The monoisotopic (exact) mass is 579 g/mol. The zero-order valence-electron chi connectivity index (χ0n) is 23.0. The van der Waals surface area contributed by atoms with Crippen molar-refractivity contribution in [3.8, 4) is 28.7 Å². The van der Waals surface area contributed by atoms with Crippen LogP contribution in [0.15, 0.2) is 46.9 Å². The van der Waals surface area contributed by atoms with Gasteiger partial charge >= 0.3 is 5.97 Å². The van der Waals surface area contributed by atoms with E-state index in [1.165, 1.54) is 7.11 Å². The van der Waals surface area contributed by atoms with Crippen LogP contribution in [-0.2, 0) is 20.9 Å². The number of anilines is 2. The number of amides is 1. The summed E-state index contributed by atoms with van der Waals surface area (Å²) in [5.74, 6) is 1.81. The highest BCUT2D eigenvalue weighted by atomic mass is 32.1. The Labute approximate surface area is 240 Å². The van der Waals surface area contributed by atoms with Crippen molar-refractivity contribution in [1.82, 2.24) is 20.1 Å². The Bertz CT molecular complexity index is 1540. The van der Waals surface area contributed by atoms with Crippen LogP contribution >= 0.6 is 11.3 Å². The average Bonchev–Trinajstić information content (AvgIpc) is 3.65. The van der Waals surface area contributed by atoms with Crippen LogP contribution in [0.4, 0.5) is 10.8 Å². The minimum Gasteiger partial charge on any atom is -0.480 e. The second-order valence-corrected chi connectivity index (χ2v) is 10.2. The van der Waals surface area contributed by atoms with Gasteiger partial charge in [-0.25, -0.2) is 9.78 Å². The van der Waals surface area contributed by atoms with Gasteiger partial charge in [0.05, 0.1) is 18.9 Å². The molecule has 0 aliphatic carbocycles. The predicted molar refractivity (Wildman–Crippen MR) is 150 cm³/mol.